The molecule has 1 aliphatic heterocycles. The lowest BCUT2D eigenvalue weighted by Gasteiger charge is -2.39. The number of hydrogen-bond acceptors (Lipinski definition) is 2. The standard InChI is InChI=1S/C55H36N2O/c1-3-15-37(16-4-1)38-27-29-40(30-28-38)56(39-17-5-2-6-18-39)41-31-33-42(34-32-41)57-51-25-13-9-21-45(51)46-35-54-50(36-52(46)57)55(49-24-12-14-26-53(49)58-54)47-22-10-7-19-43(47)44-20-8-11-23-48(44)55/h1-36H. The molecule has 0 bridgehead atoms. The molecule has 0 saturated carbocycles. The molecule has 0 amide bonds. The molecule has 3 nitrogen and oxygen atoms in total. The van der Waals surface area contributed by atoms with Crippen molar-refractivity contribution in [3.8, 4) is 39.4 Å². The molecule has 1 aliphatic carbocycles. The summed E-state index contributed by atoms with van der Waals surface area (Å²) in [7, 11) is 0. The molecular weight excluding hydrogens is 705 g/mol. The van der Waals surface area contributed by atoms with Gasteiger partial charge < -0.3 is 14.2 Å². The van der Waals surface area contributed by atoms with Gasteiger partial charge in [-0.25, -0.2) is 0 Å². The zero-order valence-corrected chi connectivity index (χ0v) is 31.6. The van der Waals surface area contributed by atoms with Gasteiger partial charge in [-0.15, -0.1) is 0 Å². The third-order valence-corrected chi connectivity index (χ3v) is 12.3. The van der Waals surface area contributed by atoms with Crippen molar-refractivity contribution in [1.82, 2.24) is 4.57 Å². The van der Waals surface area contributed by atoms with Gasteiger partial charge in [0.15, 0.2) is 0 Å². The lowest BCUT2D eigenvalue weighted by Crippen LogP contribution is -2.32. The first-order valence-electron chi connectivity index (χ1n) is 19.9. The Labute approximate surface area is 337 Å². The van der Waals surface area contributed by atoms with Crippen molar-refractivity contribution >= 4 is 38.9 Å². The average Bonchev–Trinajstić information content (AvgIpc) is 3.77. The summed E-state index contributed by atoms with van der Waals surface area (Å²) in [5.74, 6) is 1.80. The van der Waals surface area contributed by atoms with E-state index in [1.54, 1.807) is 0 Å². The van der Waals surface area contributed by atoms with Crippen LogP contribution in [0.15, 0.2) is 218 Å². The monoisotopic (exact) mass is 740 g/mol. The quantitative estimate of drug-likeness (QED) is 0.175. The Morgan fingerprint density at radius 2 is 0.897 bits per heavy atom. The summed E-state index contributed by atoms with van der Waals surface area (Å²) in [5.41, 5.74) is 16.0. The Kier molecular flexibility index (Phi) is 7.14. The number of para-hydroxylation sites is 3. The Morgan fingerprint density at radius 1 is 0.362 bits per heavy atom. The van der Waals surface area contributed by atoms with Gasteiger partial charge in [0.2, 0.25) is 0 Å². The van der Waals surface area contributed by atoms with E-state index in [2.05, 4.69) is 228 Å². The van der Waals surface area contributed by atoms with Gasteiger partial charge in [-0.2, -0.15) is 0 Å². The number of fused-ring (bicyclic) bond motifs is 12. The van der Waals surface area contributed by atoms with Gasteiger partial charge in [-0.1, -0.05) is 146 Å². The first kappa shape index (κ1) is 32.6. The Bertz CT molecular complexity index is 3140. The van der Waals surface area contributed by atoms with Crippen molar-refractivity contribution in [2.75, 3.05) is 4.90 Å². The van der Waals surface area contributed by atoms with E-state index in [1.165, 1.54) is 44.3 Å². The maximum absolute atomic E-state index is 6.91. The summed E-state index contributed by atoms with van der Waals surface area (Å²) in [6.45, 7) is 0. The van der Waals surface area contributed by atoms with Crippen molar-refractivity contribution in [2.24, 2.45) is 0 Å². The van der Waals surface area contributed by atoms with Crippen molar-refractivity contribution in [1.29, 1.82) is 0 Å². The second kappa shape index (κ2) is 12.7. The zero-order chi connectivity index (χ0) is 38.2. The molecule has 0 unspecified atom stereocenters. The molecule has 3 heteroatoms. The number of nitrogens with zero attached hydrogens (tertiary/aromatic N) is 2. The molecule has 1 aromatic heterocycles. The van der Waals surface area contributed by atoms with Gasteiger partial charge in [-0.3, -0.25) is 0 Å². The minimum atomic E-state index is -0.539. The van der Waals surface area contributed by atoms with E-state index in [1.807, 2.05) is 0 Å². The Morgan fingerprint density at radius 3 is 1.60 bits per heavy atom. The van der Waals surface area contributed by atoms with E-state index in [0.29, 0.717) is 0 Å². The van der Waals surface area contributed by atoms with Crippen LogP contribution in [0.25, 0.3) is 49.7 Å². The van der Waals surface area contributed by atoms with E-state index in [0.717, 1.165) is 56.2 Å². The fraction of sp³-hybridized carbons (Fsp3) is 0.0182. The number of ether oxygens (including phenoxy) is 1. The molecule has 2 aliphatic rings. The second-order valence-corrected chi connectivity index (χ2v) is 15.3. The summed E-state index contributed by atoms with van der Waals surface area (Å²) in [6.07, 6.45) is 0. The number of aromatic nitrogens is 1. The van der Waals surface area contributed by atoms with Crippen molar-refractivity contribution < 1.29 is 4.74 Å². The fourth-order valence-corrected chi connectivity index (χ4v) is 9.80. The topological polar surface area (TPSA) is 17.4 Å². The largest absolute Gasteiger partial charge is 0.457 e. The predicted octanol–water partition coefficient (Wildman–Crippen LogP) is 14.4. The molecule has 0 fully saturated rings. The van der Waals surface area contributed by atoms with Crippen LogP contribution in [-0.2, 0) is 5.41 Å². The third-order valence-electron chi connectivity index (χ3n) is 12.3. The molecule has 12 rings (SSSR count). The lowest BCUT2D eigenvalue weighted by atomic mass is 9.66. The Hall–Kier alpha value is -7.62. The molecule has 0 radical (unpaired) electrons. The number of hydrogen-bond donors (Lipinski definition) is 0. The maximum Gasteiger partial charge on any atom is 0.133 e. The first-order chi connectivity index (χ1) is 28.8. The lowest BCUT2D eigenvalue weighted by molar-refractivity contribution is 0.437. The smallest absolute Gasteiger partial charge is 0.133 e. The van der Waals surface area contributed by atoms with Gasteiger partial charge >= 0.3 is 0 Å². The van der Waals surface area contributed by atoms with Crippen molar-refractivity contribution in [2.45, 2.75) is 5.41 Å². The van der Waals surface area contributed by atoms with Crippen LogP contribution in [-0.4, -0.2) is 4.57 Å². The third kappa shape index (κ3) is 4.68. The zero-order valence-electron chi connectivity index (χ0n) is 31.6. The van der Waals surface area contributed by atoms with Gasteiger partial charge in [0, 0.05) is 44.6 Å². The molecule has 1 spiro atoms. The molecule has 10 aromatic rings. The highest BCUT2D eigenvalue weighted by atomic mass is 16.5. The van der Waals surface area contributed by atoms with Gasteiger partial charge in [0.1, 0.15) is 11.5 Å². The van der Waals surface area contributed by atoms with Gasteiger partial charge in [0.25, 0.3) is 0 Å². The fourth-order valence-electron chi connectivity index (χ4n) is 9.80. The van der Waals surface area contributed by atoms with Crippen LogP contribution in [0.5, 0.6) is 11.5 Å². The summed E-state index contributed by atoms with van der Waals surface area (Å²) in [6, 6.07) is 78.9. The van der Waals surface area contributed by atoms with Gasteiger partial charge in [-0.05, 0) is 106 Å². The normalized spacial score (nSPS) is 13.1. The molecular formula is C55H36N2O. The molecule has 0 N–H and O–H groups in total. The minimum absolute atomic E-state index is 0.539. The van der Waals surface area contributed by atoms with Crippen LogP contribution < -0.4 is 9.64 Å². The highest BCUT2D eigenvalue weighted by Gasteiger charge is 2.51. The summed E-state index contributed by atoms with van der Waals surface area (Å²) < 4.78 is 9.34. The predicted molar refractivity (Wildman–Crippen MR) is 238 cm³/mol. The molecule has 272 valence electrons. The Balaban J connectivity index is 1.05. The summed E-state index contributed by atoms with van der Waals surface area (Å²) in [4.78, 5) is 2.33. The number of anilines is 3. The molecule has 0 saturated heterocycles. The molecule has 2 heterocycles. The van der Waals surface area contributed by atoms with Crippen LogP contribution in [0, 0.1) is 0 Å². The van der Waals surface area contributed by atoms with E-state index in [-0.39, 0.29) is 0 Å². The van der Waals surface area contributed by atoms with E-state index in [4.69, 9.17) is 4.74 Å². The average molecular weight is 741 g/mol. The molecule has 58 heavy (non-hydrogen) atoms. The highest BCUT2D eigenvalue weighted by Crippen LogP contribution is 2.62. The van der Waals surface area contributed by atoms with Crippen LogP contribution in [0.4, 0.5) is 17.1 Å². The molecule has 0 atom stereocenters. The van der Waals surface area contributed by atoms with Crippen LogP contribution in [0.2, 0.25) is 0 Å². The first-order valence-corrected chi connectivity index (χ1v) is 19.9. The van der Waals surface area contributed by atoms with E-state index >= 15 is 0 Å². The van der Waals surface area contributed by atoms with Crippen molar-refractivity contribution in [3.05, 3.63) is 241 Å². The number of rotatable bonds is 5. The van der Waals surface area contributed by atoms with Gasteiger partial charge in [0.05, 0.1) is 16.4 Å². The molecule has 9 aromatic carbocycles. The number of benzene rings is 9. The summed E-state index contributed by atoms with van der Waals surface area (Å²) in [5, 5.41) is 2.36. The van der Waals surface area contributed by atoms with Crippen LogP contribution in [0.1, 0.15) is 22.3 Å². The summed E-state index contributed by atoms with van der Waals surface area (Å²) >= 11 is 0. The minimum Gasteiger partial charge on any atom is -0.457 e. The van der Waals surface area contributed by atoms with Crippen LogP contribution in [0.3, 0.4) is 0 Å². The van der Waals surface area contributed by atoms with E-state index in [9.17, 15) is 0 Å². The van der Waals surface area contributed by atoms with Crippen LogP contribution >= 0.6 is 0 Å². The van der Waals surface area contributed by atoms with E-state index < -0.39 is 5.41 Å². The SMILES string of the molecule is c1ccc(-c2ccc(N(c3ccccc3)c3ccc(-n4c5ccccc5c5cc6c(cc54)C4(c5ccccc5O6)c5ccccc5-c5ccccc54)cc3)cc2)cc1. The highest BCUT2D eigenvalue weighted by molar-refractivity contribution is 6.10. The van der Waals surface area contributed by atoms with Crippen molar-refractivity contribution in [3.63, 3.8) is 0 Å². The maximum atomic E-state index is 6.91. The second-order valence-electron chi connectivity index (χ2n) is 15.3.